The monoisotopic (exact) mass is 258 g/mol. The van der Waals surface area contributed by atoms with Gasteiger partial charge in [-0.2, -0.15) is 0 Å². The van der Waals surface area contributed by atoms with Crippen molar-refractivity contribution in [2.75, 3.05) is 6.54 Å². The molecule has 19 heavy (non-hydrogen) atoms. The van der Waals surface area contributed by atoms with Crippen LogP contribution >= 0.6 is 0 Å². The number of hydrogen-bond acceptors (Lipinski definition) is 2. The van der Waals surface area contributed by atoms with Crippen molar-refractivity contribution in [2.45, 2.75) is 52.2 Å². The maximum Gasteiger partial charge on any atom is 0.101 e. The molecule has 0 saturated carbocycles. The van der Waals surface area contributed by atoms with Crippen molar-refractivity contribution in [1.82, 2.24) is 9.80 Å². The predicted octanol–water partition coefficient (Wildman–Crippen LogP) is 4.20. The molecule has 2 heteroatoms. The van der Waals surface area contributed by atoms with Crippen molar-refractivity contribution in [3.63, 3.8) is 0 Å². The van der Waals surface area contributed by atoms with E-state index >= 15 is 0 Å². The molecular formula is C17H26N2. The van der Waals surface area contributed by atoms with E-state index in [0.29, 0.717) is 6.17 Å². The lowest BCUT2D eigenvalue weighted by Crippen LogP contribution is -2.38. The highest BCUT2D eigenvalue weighted by Gasteiger charge is 2.24. The van der Waals surface area contributed by atoms with Crippen LogP contribution in [0.2, 0.25) is 0 Å². The summed E-state index contributed by atoms with van der Waals surface area (Å²) in [6.45, 7) is 6.62. The topological polar surface area (TPSA) is 6.48 Å². The molecule has 1 aromatic carbocycles. The zero-order chi connectivity index (χ0) is 13.5. The van der Waals surface area contributed by atoms with E-state index in [0.717, 1.165) is 13.1 Å². The molecule has 1 aliphatic rings. The Morgan fingerprint density at radius 2 is 1.68 bits per heavy atom. The summed E-state index contributed by atoms with van der Waals surface area (Å²) >= 11 is 0. The summed E-state index contributed by atoms with van der Waals surface area (Å²) in [5.74, 6) is 0. The van der Waals surface area contributed by atoms with Crippen LogP contribution in [-0.4, -0.2) is 22.5 Å². The van der Waals surface area contributed by atoms with Crippen LogP contribution in [0.4, 0.5) is 0 Å². The zero-order valence-corrected chi connectivity index (χ0v) is 12.3. The minimum atomic E-state index is 0.553. The summed E-state index contributed by atoms with van der Waals surface area (Å²) in [4.78, 5) is 4.94. The van der Waals surface area contributed by atoms with E-state index in [1.54, 1.807) is 0 Å². The molecule has 0 aromatic heterocycles. The molecule has 2 nitrogen and oxygen atoms in total. The lowest BCUT2D eigenvalue weighted by atomic mass is 10.1. The van der Waals surface area contributed by atoms with Crippen LogP contribution < -0.4 is 0 Å². The Morgan fingerprint density at radius 3 is 2.37 bits per heavy atom. The average molecular weight is 258 g/mol. The van der Waals surface area contributed by atoms with E-state index in [9.17, 15) is 0 Å². The molecule has 1 aliphatic heterocycles. The maximum absolute atomic E-state index is 2.48. The molecule has 0 aliphatic carbocycles. The lowest BCUT2D eigenvalue weighted by Gasteiger charge is -2.32. The lowest BCUT2D eigenvalue weighted by molar-refractivity contribution is 0.139. The van der Waals surface area contributed by atoms with Crippen LogP contribution in [0.3, 0.4) is 0 Å². The van der Waals surface area contributed by atoms with Gasteiger partial charge >= 0.3 is 0 Å². The Labute approximate surface area is 117 Å². The van der Waals surface area contributed by atoms with Gasteiger partial charge in [-0.3, -0.25) is 0 Å². The number of rotatable bonds is 7. The Hall–Kier alpha value is -1.44. The molecule has 0 radical (unpaired) electrons. The maximum atomic E-state index is 2.48. The summed E-state index contributed by atoms with van der Waals surface area (Å²) in [6.07, 6.45) is 10.3. The Bertz CT molecular complexity index is 386. The number of hydrogen-bond donors (Lipinski definition) is 0. The summed E-state index contributed by atoms with van der Waals surface area (Å²) in [5, 5.41) is 0. The average Bonchev–Trinajstić information content (AvgIpc) is 2.83. The first-order chi connectivity index (χ1) is 9.35. The summed E-state index contributed by atoms with van der Waals surface area (Å²) in [6, 6.07) is 10.8. The van der Waals surface area contributed by atoms with Gasteiger partial charge in [0, 0.05) is 25.5 Å². The van der Waals surface area contributed by atoms with E-state index in [1.165, 1.54) is 31.2 Å². The van der Waals surface area contributed by atoms with Crippen molar-refractivity contribution in [2.24, 2.45) is 0 Å². The minimum Gasteiger partial charge on any atom is -0.356 e. The fourth-order valence-electron chi connectivity index (χ4n) is 2.74. The van der Waals surface area contributed by atoms with Crippen molar-refractivity contribution in [3.05, 3.63) is 48.3 Å². The van der Waals surface area contributed by atoms with Gasteiger partial charge in [-0.25, -0.2) is 0 Å². The first-order valence-electron chi connectivity index (χ1n) is 7.59. The quantitative estimate of drug-likeness (QED) is 0.676. The molecule has 1 unspecified atom stereocenters. The predicted molar refractivity (Wildman–Crippen MR) is 81.4 cm³/mol. The summed E-state index contributed by atoms with van der Waals surface area (Å²) in [5.41, 5.74) is 1.39. The number of nitrogens with zero attached hydrogens (tertiary/aromatic N) is 2. The van der Waals surface area contributed by atoms with Gasteiger partial charge in [0.15, 0.2) is 0 Å². The van der Waals surface area contributed by atoms with Crippen LogP contribution in [0.15, 0.2) is 42.7 Å². The second-order valence-corrected chi connectivity index (χ2v) is 5.26. The molecule has 104 valence electrons. The molecule has 1 atom stereocenters. The van der Waals surface area contributed by atoms with Gasteiger partial charge in [-0.15, -0.1) is 0 Å². The Morgan fingerprint density at radius 1 is 0.947 bits per heavy atom. The van der Waals surface area contributed by atoms with Gasteiger partial charge in [-0.05, 0) is 25.3 Å². The molecule has 0 spiro atoms. The highest BCUT2D eigenvalue weighted by molar-refractivity contribution is 5.15. The first-order valence-corrected chi connectivity index (χ1v) is 7.59. The van der Waals surface area contributed by atoms with Crippen molar-refractivity contribution >= 4 is 0 Å². The van der Waals surface area contributed by atoms with E-state index in [4.69, 9.17) is 0 Å². The van der Waals surface area contributed by atoms with Crippen LogP contribution in [0.5, 0.6) is 0 Å². The Balaban J connectivity index is 1.95. The third kappa shape index (κ3) is 3.76. The molecular weight excluding hydrogens is 232 g/mol. The van der Waals surface area contributed by atoms with Crippen LogP contribution in [0.25, 0.3) is 0 Å². The van der Waals surface area contributed by atoms with Crippen molar-refractivity contribution in [1.29, 1.82) is 0 Å². The molecule has 0 N–H and O–H groups in total. The second kappa shape index (κ2) is 7.22. The third-order valence-electron chi connectivity index (χ3n) is 3.85. The van der Waals surface area contributed by atoms with Gasteiger partial charge < -0.3 is 9.80 Å². The number of benzene rings is 1. The van der Waals surface area contributed by atoms with Crippen LogP contribution in [0.1, 0.15) is 45.1 Å². The highest BCUT2D eigenvalue weighted by atomic mass is 15.4. The zero-order valence-electron chi connectivity index (χ0n) is 12.3. The van der Waals surface area contributed by atoms with Gasteiger partial charge in [-0.1, -0.05) is 50.1 Å². The smallest absolute Gasteiger partial charge is 0.101 e. The first kappa shape index (κ1) is 14.0. The highest BCUT2D eigenvalue weighted by Crippen LogP contribution is 2.23. The van der Waals surface area contributed by atoms with Gasteiger partial charge in [0.2, 0.25) is 0 Å². The molecule has 0 bridgehead atoms. The van der Waals surface area contributed by atoms with Crippen LogP contribution in [-0.2, 0) is 6.54 Å². The molecule has 1 aromatic rings. The molecule has 0 amide bonds. The SMILES string of the molecule is CCCCCC1N(CC)C=CN1Cc1ccccc1. The largest absolute Gasteiger partial charge is 0.356 e. The third-order valence-corrected chi connectivity index (χ3v) is 3.85. The van der Waals surface area contributed by atoms with Gasteiger partial charge in [0.25, 0.3) is 0 Å². The normalized spacial score (nSPS) is 18.3. The van der Waals surface area contributed by atoms with Gasteiger partial charge in [0.05, 0.1) is 0 Å². The number of unbranched alkanes of at least 4 members (excludes halogenated alkanes) is 2. The fourth-order valence-corrected chi connectivity index (χ4v) is 2.74. The molecule has 1 heterocycles. The van der Waals surface area contributed by atoms with E-state index in [-0.39, 0.29) is 0 Å². The summed E-state index contributed by atoms with van der Waals surface area (Å²) < 4.78 is 0. The van der Waals surface area contributed by atoms with E-state index in [2.05, 4.69) is 66.4 Å². The second-order valence-electron chi connectivity index (χ2n) is 5.26. The van der Waals surface area contributed by atoms with Crippen LogP contribution in [0, 0.1) is 0 Å². The van der Waals surface area contributed by atoms with Crippen molar-refractivity contribution < 1.29 is 0 Å². The molecule has 0 saturated heterocycles. The van der Waals surface area contributed by atoms with Crippen molar-refractivity contribution in [3.8, 4) is 0 Å². The molecule has 0 fully saturated rings. The van der Waals surface area contributed by atoms with E-state index < -0.39 is 0 Å². The summed E-state index contributed by atoms with van der Waals surface area (Å²) in [7, 11) is 0. The minimum absolute atomic E-state index is 0.553. The van der Waals surface area contributed by atoms with E-state index in [1.807, 2.05) is 0 Å². The van der Waals surface area contributed by atoms with Gasteiger partial charge in [0.1, 0.15) is 6.17 Å². The molecule has 2 rings (SSSR count). The Kier molecular flexibility index (Phi) is 5.31. The fraction of sp³-hybridized carbons (Fsp3) is 0.529. The standard InChI is InChI=1S/C17H26N2/c1-3-5-7-12-17-18(4-2)13-14-19(17)15-16-10-8-6-9-11-16/h6,8-11,13-14,17H,3-5,7,12,15H2,1-2H3.